The highest BCUT2D eigenvalue weighted by atomic mass is 32.5. The number of rotatable bonds is 35. The molecule has 6 aliphatic rings. The number of aryl methyl sites for hydroxylation is 6. The molecule has 0 radical (unpaired) electrons. The van der Waals surface area contributed by atoms with Crippen molar-refractivity contribution < 1.29 is 117 Å². The Labute approximate surface area is 752 Å². The second-order valence-electron chi connectivity index (χ2n) is 31.1. The largest absolute Gasteiger partial charge is 0.394 e. The fourth-order valence-electron chi connectivity index (χ4n) is 15.2. The van der Waals surface area contributed by atoms with Crippen LogP contribution in [0.4, 0.5) is 29.1 Å². The molecule has 49 nitrogen and oxygen atoms in total. The van der Waals surface area contributed by atoms with Crippen LogP contribution in [0, 0.1) is 71.1 Å². The fraction of sp³-hybridized carbons (Fsp3) is 0.636. The van der Waals surface area contributed by atoms with Crippen molar-refractivity contribution in [3.8, 4) is 0 Å². The van der Waals surface area contributed by atoms with Crippen molar-refractivity contribution in [2.24, 2.45) is 29.6 Å². The van der Waals surface area contributed by atoms with E-state index in [2.05, 4.69) is 29.9 Å². The summed E-state index contributed by atoms with van der Waals surface area (Å²) < 4.78 is 116. The normalized spacial score (nSPS) is 32.0. The molecule has 11 unspecified atom stereocenters. The third-order valence-corrected chi connectivity index (χ3v) is 31.6. The van der Waals surface area contributed by atoms with Gasteiger partial charge in [0.05, 0.1) is 45.7 Å². The lowest BCUT2D eigenvalue weighted by Crippen LogP contribution is -2.35. The molecule has 6 saturated heterocycles. The van der Waals surface area contributed by atoms with Crippen LogP contribution in [-0.4, -0.2) is 212 Å². The molecule has 0 spiro atoms. The number of aliphatic hydroxyl groups is 1. The average molecular weight is 2020 g/mol. The van der Waals surface area contributed by atoms with Gasteiger partial charge < -0.3 is 146 Å². The van der Waals surface area contributed by atoms with Crippen LogP contribution in [0.25, 0.3) is 0 Å². The molecule has 6 aromatic rings. The van der Waals surface area contributed by atoms with Crippen molar-refractivity contribution in [3.05, 3.63) is 144 Å². The smallest absolute Gasteiger partial charge is 0.351 e. The predicted molar refractivity (Wildman–Crippen MR) is 470 cm³/mol. The van der Waals surface area contributed by atoms with E-state index in [1.165, 1.54) is 58.0 Å². The molecular formula is C66H97N17O32P6S6. The molecule has 127 heavy (non-hydrogen) atoms. The fourth-order valence-corrected chi connectivity index (χ4v) is 23.8. The Morgan fingerprint density at radius 1 is 0.370 bits per heavy atom. The maximum Gasteiger partial charge on any atom is 0.351 e. The van der Waals surface area contributed by atoms with Gasteiger partial charge in [-0.05, 0) is 112 Å². The summed E-state index contributed by atoms with van der Waals surface area (Å²) in [6.07, 6.45) is -16.3. The second kappa shape index (κ2) is 39.9. The quantitative estimate of drug-likeness (QED) is 0.0246. The van der Waals surface area contributed by atoms with Crippen molar-refractivity contribution in [3.63, 3.8) is 0 Å². The van der Waals surface area contributed by atoms with Crippen molar-refractivity contribution >= 4 is 140 Å². The van der Waals surface area contributed by atoms with Crippen molar-refractivity contribution in [2.45, 2.75) is 193 Å². The summed E-state index contributed by atoms with van der Waals surface area (Å²) in [6, 6.07) is 0. The lowest BCUT2D eigenvalue weighted by atomic mass is 10.0. The van der Waals surface area contributed by atoms with Crippen LogP contribution in [0.2, 0.25) is 0 Å². The molecule has 0 saturated carbocycles. The number of aromatic amines is 1. The summed E-state index contributed by atoms with van der Waals surface area (Å²) in [5, 5.41) is 10.5. The lowest BCUT2D eigenvalue weighted by Gasteiger charge is -2.30. The first-order valence-corrected chi connectivity index (χ1v) is 54.2. The third kappa shape index (κ3) is 23.2. The first-order chi connectivity index (χ1) is 59.2. The molecule has 0 aromatic carbocycles. The molecule has 6 aromatic heterocycles. The molecule has 0 bridgehead atoms. The van der Waals surface area contributed by atoms with Gasteiger partial charge in [0.25, 0.3) is 5.56 Å². The highest BCUT2D eigenvalue weighted by Crippen LogP contribution is 2.59. The number of nitrogen functional groups attached to an aromatic ring is 5. The minimum atomic E-state index is -4.77. The van der Waals surface area contributed by atoms with Gasteiger partial charge >= 0.3 is 74.5 Å². The molecule has 6 fully saturated rings. The van der Waals surface area contributed by atoms with E-state index in [0.29, 0.717) is 27.8 Å². The Morgan fingerprint density at radius 3 is 0.858 bits per heavy atom. The van der Waals surface area contributed by atoms with Gasteiger partial charge in [-0.25, -0.2) is 28.8 Å². The minimum Gasteiger partial charge on any atom is -0.394 e. The van der Waals surface area contributed by atoms with Gasteiger partial charge in [0, 0.05) is 114 Å². The van der Waals surface area contributed by atoms with Crippen LogP contribution in [0.15, 0.2) is 70.7 Å². The van der Waals surface area contributed by atoms with Crippen LogP contribution >= 0.6 is 40.3 Å². The second-order valence-corrected chi connectivity index (χ2v) is 48.0. The number of aliphatic hydroxyl groups excluding tert-OH is 1. The Kier molecular flexibility index (Phi) is 31.7. The number of aromatic nitrogens is 12. The zero-order valence-corrected chi connectivity index (χ0v) is 79.7. The molecule has 0 amide bonds. The topological polar surface area (TPSA) is 667 Å². The monoisotopic (exact) mass is 2020 g/mol. The van der Waals surface area contributed by atoms with Gasteiger partial charge in [-0.3, -0.25) is 37.2 Å². The molecule has 12 rings (SSSR count). The molecule has 6 aliphatic heterocycles. The van der Waals surface area contributed by atoms with Gasteiger partial charge in [-0.2, -0.15) is 24.9 Å². The average Bonchev–Trinajstić information content (AvgIpc) is 1.64. The summed E-state index contributed by atoms with van der Waals surface area (Å²) in [5.74, 6) is -5.36. The number of hydrogen-bond acceptors (Lipinski definition) is 42. The number of anilines is 5. The molecule has 704 valence electrons. The molecule has 18 N–H and O–H groups in total. The first kappa shape index (κ1) is 101. The first-order valence-electron chi connectivity index (χ1n) is 38.7. The minimum absolute atomic E-state index is 0.0187. The van der Waals surface area contributed by atoms with Gasteiger partial charge in [-0.1, -0.05) is 34.6 Å². The van der Waals surface area contributed by atoms with E-state index in [9.17, 15) is 68.0 Å². The lowest BCUT2D eigenvalue weighted by molar-refractivity contribution is -0.0587. The maximum atomic E-state index is 13.8. The zero-order chi connectivity index (χ0) is 93.3. The van der Waals surface area contributed by atoms with Crippen molar-refractivity contribution in [1.29, 1.82) is 0 Å². The van der Waals surface area contributed by atoms with Gasteiger partial charge in [0.15, 0.2) is 0 Å². The Morgan fingerprint density at radius 2 is 0.606 bits per heavy atom. The Balaban J connectivity index is 0.773. The Hall–Kier alpha value is -5.02. The van der Waals surface area contributed by atoms with E-state index in [1.807, 2.05) is 0 Å². The van der Waals surface area contributed by atoms with E-state index in [-0.39, 0.29) is 41.1 Å². The highest BCUT2D eigenvalue weighted by Gasteiger charge is 2.55. The van der Waals surface area contributed by atoms with E-state index < -0.39 is 260 Å². The maximum absolute atomic E-state index is 13.8. The van der Waals surface area contributed by atoms with Crippen LogP contribution < -0.4 is 68.4 Å². The SMILES string of the molecule is COP(O)(=S)O[C@@H]1C[C@H](n2cc(C)c(=O)[nH]c2=O)O[C@@H]1COP(O)(=S)O[C@@H]1C(C)[C@H](n2cc(C)c(N)nc2=O)O[C@@H]1COP(O)(=S)O[C@@H]1C(C)[C@H](n2cc(C)c(N)nc2=O)O[C@@H]1COP(O)(=S)O[C@@H]1C(C)[C@H](n2cc(C)c(N)nc2=O)O[C@@H]1COP(O)(=S)O[C@@H]1C(C)[C@H](n2cc(C)c(N)nc2=O)O[C@@H]1COP(O)(=S)O[C@@H]1C(C)[C@H](n2cc(C)c(N)nc2=O)O[C@@H]1CO. The van der Waals surface area contributed by atoms with Crippen molar-refractivity contribution in [2.75, 3.05) is 75.4 Å². The third-order valence-electron chi connectivity index (χ3n) is 22.1. The zero-order valence-electron chi connectivity index (χ0n) is 69.5. The predicted octanol–water partition coefficient (Wildman–Crippen LogP) is 0.871. The molecule has 12 heterocycles. The molecule has 29 atom stereocenters. The Bertz CT molecular complexity index is 5910. The highest BCUT2D eigenvalue weighted by molar-refractivity contribution is 8.08. The molecule has 61 heteroatoms. The van der Waals surface area contributed by atoms with E-state index in [4.69, 9.17) is 182 Å². The summed E-state index contributed by atoms with van der Waals surface area (Å²) in [5.41, 5.74) is 26.1. The number of ether oxygens (including phenoxy) is 6. The summed E-state index contributed by atoms with van der Waals surface area (Å²) >= 11 is 33.4. The summed E-state index contributed by atoms with van der Waals surface area (Å²) in [4.78, 5) is 186. The van der Waals surface area contributed by atoms with E-state index >= 15 is 0 Å². The van der Waals surface area contributed by atoms with Crippen LogP contribution in [-0.2, 0) is 154 Å². The van der Waals surface area contributed by atoms with Gasteiger partial charge in [-0.15, -0.1) is 0 Å². The van der Waals surface area contributed by atoms with Crippen LogP contribution in [0.5, 0.6) is 0 Å². The van der Waals surface area contributed by atoms with Gasteiger partial charge in [0.2, 0.25) is 0 Å². The number of nitrogens with zero attached hydrogens (tertiary/aromatic N) is 11. The molecule has 0 aliphatic carbocycles. The number of H-pyrrole nitrogens is 1. The number of nitrogens with one attached hydrogen (secondary N) is 1. The van der Waals surface area contributed by atoms with E-state index in [0.717, 1.165) is 34.5 Å². The van der Waals surface area contributed by atoms with Gasteiger partial charge in [0.1, 0.15) is 134 Å². The summed E-state index contributed by atoms with van der Waals surface area (Å²) in [6.45, 7) is -14.5. The standard InChI is InChI=1S/C66H97N17O32P6S6/c1-26-14-79(61(86)72-50(26)67)56-32(7)45(38(20-84)105-56)111-118(94,124)100-22-40-47(34(9)58(106-40)81-16-28(3)52(69)74-63(81)88)113-120(96,126)102-24-42-49(36(11)60(108-42)83-18-30(5)54(71)76-65(83)90)115-121(97,127)103-25-43-48(35(10)59(109-43)82-17-29(4)53(70)75-64(82)89)114-119(95,125)101-23-41-46(33(8)57(107-41)80-15-27(2)51(68)73-62(80)87)112-117(93,123)99-21-39-37(110-116(92,122)98-12)13-44(104-39)78-19-31(6)55(85)77-66(78)91/h14-19,32-49,56-60,84H,13,20-25H2,1-12H3,(H,92,122)(H,93,123)(H,94,124)(H,95,125)(H,96,126)(H,97,127)(H2,67,72,86)(H2,68,73,87)(H2,69,74,88)(H2,70,75,89)(H2,71,76,90)(H,77,85,91)/t32?,33?,34?,35?,36?,37-,38-,39-,40-,41-,42-,43-,44-,45-,46-,47-,48-,49-,56-,57-,58-,59-,60-,116?,117?,118?,119?,120?,121?/m1/s1. The molecular weight excluding hydrogens is 1920 g/mol. The summed E-state index contributed by atoms with van der Waals surface area (Å²) in [7, 11) is 1.10. The number of hydrogen-bond donors (Lipinski definition) is 13. The van der Waals surface area contributed by atoms with Crippen LogP contribution in [0.1, 0.15) is 112 Å². The number of nitrogens with two attached hydrogens (primary N) is 5. The van der Waals surface area contributed by atoms with Crippen LogP contribution in [0.3, 0.4) is 0 Å². The van der Waals surface area contributed by atoms with E-state index in [1.54, 1.807) is 55.4 Å². The van der Waals surface area contributed by atoms with Crippen molar-refractivity contribution in [1.82, 2.24) is 57.3 Å².